The molecule has 0 spiro atoms. The fourth-order valence-corrected chi connectivity index (χ4v) is 2.65. The van der Waals surface area contributed by atoms with E-state index >= 15 is 0 Å². The first-order valence-corrected chi connectivity index (χ1v) is 8.41. The molecule has 7 heteroatoms. The minimum Gasteiger partial charge on any atom is -0.484 e. The molecule has 0 aliphatic rings. The van der Waals surface area contributed by atoms with E-state index in [0.717, 1.165) is 10.4 Å². The summed E-state index contributed by atoms with van der Waals surface area (Å²) in [4.78, 5) is 17.0. The number of hydrogen-bond donors (Lipinski definition) is 1. The lowest BCUT2D eigenvalue weighted by Crippen LogP contribution is -2.30. The summed E-state index contributed by atoms with van der Waals surface area (Å²) < 4.78 is 10.6. The fourth-order valence-electron chi connectivity index (χ4n) is 2.01. The summed E-state index contributed by atoms with van der Waals surface area (Å²) in [5, 5.41) is 8.65. The van der Waals surface area contributed by atoms with Crippen molar-refractivity contribution in [2.75, 3.05) is 13.2 Å². The lowest BCUT2D eigenvalue weighted by Gasteiger charge is -2.06. The van der Waals surface area contributed by atoms with Crippen LogP contribution in [0.1, 0.15) is 11.5 Å². The molecule has 0 bridgehead atoms. The zero-order chi connectivity index (χ0) is 16.8. The number of benzene rings is 1. The van der Waals surface area contributed by atoms with Gasteiger partial charge in [0.15, 0.2) is 6.61 Å². The Morgan fingerprint density at radius 1 is 1.29 bits per heavy atom. The normalized spacial score (nSPS) is 10.5. The van der Waals surface area contributed by atoms with Crippen molar-refractivity contribution in [2.45, 2.75) is 13.3 Å². The molecule has 0 fully saturated rings. The quantitative estimate of drug-likeness (QED) is 0.714. The van der Waals surface area contributed by atoms with E-state index < -0.39 is 0 Å². The topological polar surface area (TPSA) is 77.2 Å². The Kier molecular flexibility index (Phi) is 5.22. The molecule has 0 aliphatic carbocycles. The Morgan fingerprint density at radius 2 is 2.12 bits per heavy atom. The first kappa shape index (κ1) is 16.2. The maximum Gasteiger partial charge on any atom is 0.257 e. The number of aromatic nitrogens is 2. The smallest absolute Gasteiger partial charge is 0.257 e. The molecule has 3 aromatic rings. The second kappa shape index (κ2) is 7.74. The molecule has 2 aromatic heterocycles. The maximum absolute atomic E-state index is 11.8. The SMILES string of the molecule is Cc1ccc(OCC(=O)NCCc2nc(-c3cccs3)no2)cc1. The summed E-state index contributed by atoms with van der Waals surface area (Å²) in [5.74, 6) is 1.56. The number of rotatable bonds is 7. The van der Waals surface area contributed by atoms with Crippen molar-refractivity contribution < 1.29 is 14.1 Å². The molecular weight excluding hydrogens is 326 g/mol. The average molecular weight is 343 g/mol. The number of amides is 1. The molecule has 6 nitrogen and oxygen atoms in total. The van der Waals surface area contributed by atoms with Gasteiger partial charge in [-0.1, -0.05) is 28.9 Å². The molecule has 0 saturated heterocycles. The van der Waals surface area contributed by atoms with Crippen molar-refractivity contribution in [3.63, 3.8) is 0 Å². The van der Waals surface area contributed by atoms with E-state index in [4.69, 9.17) is 9.26 Å². The van der Waals surface area contributed by atoms with Gasteiger partial charge in [0, 0.05) is 13.0 Å². The number of nitrogens with zero attached hydrogens (tertiary/aromatic N) is 2. The first-order valence-electron chi connectivity index (χ1n) is 7.53. The minimum atomic E-state index is -0.187. The molecule has 0 saturated carbocycles. The Morgan fingerprint density at radius 3 is 2.88 bits per heavy atom. The molecule has 0 radical (unpaired) electrons. The summed E-state index contributed by atoms with van der Waals surface area (Å²) in [7, 11) is 0. The highest BCUT2D eigenvalue weighted by Crippen LogP contribution is 2.21. The molecule has 124 valence electrons. The van der Waals surface area contributed by atoms with E-state index in [9.17, 15) is 4.79 Å². The summed E-state index contributed by atoms with van der Waals surface area (Å²) >= 11 is 1.55. The van der Waals surface area contributed by atoms with Gasteiger partial charge >= 0.3 is 0 Å². The zero-order valence-electron chi connectivity index (χ0n) is 13.2. The van der Waals surface area contributed by atoms with Crippen LogP contribution in [-0.4, -0.2) is 29.2 Å². The van der Waals surface area contributed by atoms with Crippen molar-refractivity contribution in [1.82, 2.24) is 15.5 Å². The molecule has 24 heavy (non-hydrogen) atoms. The van der Waals surface area contributed by atoms with Gasteiger partial charge in [-0.15, -0.1) is 11.3 Å². The highest BCUT2D eigenvalue weighted by atomic mass is 32.1. The molecule has 0 aliphatic heterocycles. The summed E-state index contributed by atoms with van der Waals surface area (Å²) in [6, 6.07) is 11.4. The van der Waals surface area contributed by atoms with E-state index in [1.807, 2.05) is 48.7 Å². The number of carbonyl (C=O) groups is 1. The van der Waals surface area contributed by atoms with E-state index in [1.165, 1.54) is 0 Å². The van der Waals surface area contributed by atoms with Gasteiger partial charge in [-0.05, 0) is 30.5 Å². The van der Waals surface area contributed by atoms with E-state index in [1.54, 1.807) is 11.3 Å². The van der Waals surface area contributed by atoms with Crippen LogP contribution in [0, 0.1) is 6.92 Å². The van der Waals surface area contributed by atoms with Crippen molar-refractivity contribution in [1.29, 1.82) is 0 Å². The van der Waals surface area contributed by atoms with Gasteiger partial charge in [-0.2, -0.15) is 4.98 Å². The van der Waals surface area contributed by atoms with Crippen LogP contribution in [0.2, 0.25) is 0 Å². The van der Waals surface area contributed by atoms with Gasteiger partial charge in [-0.3, -0.25) is 4.79 Å². The van der Waals surface area contributed by atoms with Crippen molar-refractivity contribution in [2.24, 2.45) is 0 Å². The maximum atomic E-state index is 11.8. The summed E-state index contributed by atoms with van der Waals surface area (Å²) in [6.45, 7) is 2.40. The molecule has 1 amide bonds. The standard InChI is InChI=1S/C17H17N3O3S/c1-12-4-6-13(7-5-12)22-11-15(21)18-9-8-16-19-17(20-23-16)14-3-2-10-24-14/h2-7,10H,8-9,11H2,1H3,(H,18,21). The first-order chi connectivity index (χ1) is 11.7. The lowest BCUT2D eigenvalue weighted by atomic mass is 10.2. The minimum absolute atomic E-state index is 0.0205. The predicted molar refractivity (Wildman–Crippen MR) is 91.0 cm³/mol. The van der Waals surface area contributed by atoms with Gasteiger partial charge < -0.3 is 14.6 Å². The van der Waals surface area contributed by atoms with Crippen LogP contribution in [0.4, 0.5) is 0 Å². The van der Waals surface area contributed by atoms with E-state index in [0.29, 0.717) is 30.4 Å². The predicted octanol–water partition coefficient (Wildman–Crippen LogP) is 2.84. The fraction of sp³-hybridized carbons (Fsp3) is 0.235. The van der Waals surface area contributed by atoms with Gasteiger partial charge in [0.25, 0.3) is 5.91 Å². The Balaban J connectivity index is 1.40. The number of nitrogens with one attached hydrogen (secondary N) is 1. The highest BCUT2D eigenvalue weighted by molar-refractivity contribution is 7.13. The number of ether oxygens (including phenoxy) is 1. The van der Waals surface area contributed by atoms with Gasteiger partial charge in [0.1, 0.15) is 5.75 Å². The molecule has 3 rings (SSSR count). The monoisotopic (exact) mass is 343 g/mol. The Hall–Kier alpha value is -2.67. The van der Waals surface area contributed by atoms with Gasteiger partial charge in [0.2, 0.25) is 11.7 Å². The van der Waals surface area contributed by atoms with Crippen LogP contribution in [0.5, 0.6) is 5.75 Å². The zero-order valence-corrected chi connectivity index (χ0v) is 14.0. The van der Waals surface area contributed by atoms with Crippen LogP contribution in [0.25, 0.3) is 10.7 Å². The highest BCUT2D eigenvalue weighted by Gasteiger charge is 2.10. The van der Waals surface area contributed by atoms with Crippen LogP contribution < -0.4 is 10.1 Å². The second-order valence-corrected chi connectivity index (χ2v) is 6.14. The molecular formula is C17H17N3O3S. The van der Waals surface area contributed by atoms with Crippen LogP contribution in [-0.2, 0) is 11.2 Å². The average Bonchev–Trinajstić information content (AvgIpc) is 3.25. The third-order valence-electron chi connectivity index (χ3n) is 3.26. The third kappa shape index (κ3) is 4.42. The van der Waals surface area contributed by atoms with Crippen molar-refractivity contribution in [3.8, 4) is 16.5 Å². The second-order valence-electron chi connectivity index (χ2n) is 5.19. The number of aryl methyl sites for hydroxylation is 1. The van der Waals surface area contributed by atoms with Crippen LogP contribution >= 0.6 is 11.3 Å². The molecule has 2 heterocycles. The number of carbonyl (C=O) groups excluding carboxylic acids is 1. The molecule has 0 unspecified atom stereocenters. The Labute approximate surface area is 143 Å². The molecule has 1 aromatic carbocycles. The number of thiophene rings is 1. The lowest BCUT2D eigenvalue weighted by molar-refractivity contribution is -0.123. The van der Waals surface area contributed by atoms with E-state index in [-0.39, 0.29) is 12.5 Å². The summed E-state index contributed by atoms with van der Waals surface area (Å²) in [6.07, 6.45) is 0.481. The summed E-state index contributed by atoms with van der Waals surface area (Å²) in [5.41, 5.74) is 1.15. The molecule has 0 atom stereocenters. The van der Waals surface area contributed by atoms with E-state index in [2.05, 4.69) is 15.5 Å². The van der Waals surface area contributed by atoms with Gasteiger partial charge in [0.05, 0.1) is 4.88 Å². The molecule has 1 N–H and O–H groups in total. The van der Waals surface area contributed by atoms with Gasteiger partial charge in [-0.25, -0.2) is 0 Å². The van der Waals surface area contributed by atoms with Crippen LogP contribution in [0.3, 0.4) is 0 Å². The Bertz CT molecular complexity index is 782. The van der Waals surface area contributed by atoms with Crippen molar-refractivity contribution >= 4 is 17.2 Å². The largest absolute Gasteiger partial charge is 0.484 e. The number of hydrogen-bond acceptors (Lipinski definition) is 6. The van der Waals surface area contributed by atoms with Crippen molar-refractivity contribution in [3.05, 3.63) is 53.2 Å². The van der Waals surface area contributed by atoms with Crippen LogP contribution in [0.15, 0.2) is 46.3 Å². The third-order valence-corrected chi connectivity index (χ3v) is 4.13.